The molecule has 0 amide bonds. The van der Waals surface area contributed by atoms with Crippen molar-refractivity contribution in [2.24, 2.45) is 5.92 Å². The van der Waals surface area contributed by atoms with Crippen LogP contribution < -0.4 is 0 Å². The molecule has 3 heteroatoms. The van der Waals surface area contributed by atoms with Gasteiger partial charge in [-0.25, -0.2) is 0 Å². The molecule has 1 aliphatic rings. The molecule has 94 valence electrons. The normalized spacial score (nSPS) is 18.6. The summed E-state index contributed by atoms with van der Waals surface area (Å²) >= 11 is 13.8. The van der Waals surface area contributed by atoms with Crippen molar-refractivity contribution in [1.82, 2.24) is 0 Å². The highest BCUT2D eigenvalue weighted by Gasteiger charge is 2.21. The van der Waals surface area contributed by atoms with Crippen LogP contribution in [-0.2, 0) is 0 Å². The Balaban J connectivity index is 2.12. The number of rotatable bonds is 3. The number of halogens is 3. The van der Waals surface area contributed by atoms with Crippen LogP contribution in [0.5, 0.6) is 0 Å². The van der Waals surface area contributed by atoms with Gasteiger partial charge in [0.1, 0.15) is 0 Å². The van der Waals surface area contributed by atoms with Gasteiger partial charge < -0.3 is 0 Å². The number of aryl methyl sites for hydroxylation is 1. The van der Waals surface area contributed by atoms with E-state index in [0.717, 1.165) is 21.3 Å². The van der Waals surface area contributed by atoms with E-state index in [4.69, 9.17) is 11.6 Å². The van der Waals surface area contributed by atoms with Gasteiger partial charge in [-0.1, -0.05) is 57.5 Å². The molecule has 0 bridgehead atoms. The summed E-state index contributed by atoms with van der Waals surface area (Å²) in [5, 5.41) is 0.129. The predicted octanol–water partition coefficient (Wildman–Crippen LogP) is 6.38. The van der Waals surface area contributed by atoms with Gasteiger partial charge in [-0.05, 0) is 42.5 Å². The molecule has 0 radical (unpaired) electrons. The largest absolute Gasteiger partial charge is 0.118 e. The maximum absolute atomic E-state index is 6.57. The third-order valence-corrected chi connectivity index (χ3v) is 5.58. The summed E-state index contributed by atoms with van der Waals surface area (Å²) in [7, 11) is 0. The Hall–Kier alpha value is 0.470. The Labute approximate surface area is 125 Å². The first kappa shape index (κ1) is 13.9. The molecule has 0 spiro atoms. The molecule has 1 aliphatic carbocycles. The van der Waals surface area contributed by atoms with Crippen LogP contribution in [0.2, 0.25) is 0 Å². The number of alkyl halides is 1. The molecule has 0 nitrogen and oxygen atoms in total. The Bertz CT molecular complexity index is 397. The molecule has 1 aromatic carbocycles. The van der Waals surface area contributed by atoms with E-state index >= 15 is 0 Å². The molecule has 17 heavy (non-hydrogen) atoms. The van der Waals surface area contributed by atoms with Crippen LogP contribution in [0.1, 0.15) is 48.6 Å². The first-order valence-electron chi connectivity index (χ1n) is 6.17. The summed E-state index contributed by atoms with van der Waals surface area (Å²) in [6, 6.07) is 4.30. The van der Waals surface area contributed by atoms with Gasteiger partial charge in [-0.15, -0.1) is 11.6 Å². The zero-order valence-electron chi connectivity index (χ0n) is 9.98. The van der Waals surface area contributed by atoms with E-state index in [1.165, 1.54) is 36.8 Å². The minimum Gasteiger partial charge on any atom is -0.118 e. The summed E-state index contributed by atoms with van der Waals surface area (Å²) in [4.78, 5) is 0. The van der Waals surface area contributed by atoms with Crippen molar-refractivity contribution in [3.8, 4) is 0 Å². The maximum atomic E-state index is 6.57. The molecule has 1 fully saturated rings. The van der Waals surface area contributed by atoms with Gasteiger partial charge in [0.05, 0.1) is 5.38 Å². The number of hydrogen-bond donors (Lipinski definition) is 0. The molecule has 0 saturated heterocycles. The fraction of sp³-hybridized carbons (Fsp3) is 0.571. The van der Waals surface area contributed by atoms with E-state index in [-0.39, 0.29) is 5.38 Å². The second kappa shape index (κ2) is 6.08. The van der Waals surface area contributed by atoms with Crippen molar-refractivity contribution < 1.29 is 0 Å². The zero-order valence-corrected chi connectivity index (χ0v) is 13.9. The molecule has 0 aliphatic heterocycles. The van der Waals surface area contributed by atoms with E-state index in [9.17, 15) is 0 Å². The molecular weight excluding hydrogens is 363 g/mol. The SMILES string of the molecule is Cc1cc(Br)c(C(Cl)CC2CCCC2)cc1Br. The van der Waals surface area contributed by atoms with Crippen LogP contribution in [0, 0.1) is 12.8 Å². The smallest absolute Gasteiger partial charge is 0.0599 e. The van der Waals surface area contributed by atoms with Gasteiger partial charge in [0, 0.05) is 8.95 Å². The van der Waals surface area contributed by atoms with Gasteiger partial charge in [0.25, 0.3) is 0 Å². The van der Waals surface area contributed by atoms with E-state index < -0.39 is 0 Å². The topological polar surface area (TPSA) is 0 Å². The average molecular weight is 381 g/mol. The van der Waals surface area contributed by atoms with E-state index in [1.807, 2.05) is 0 Å². The summed E-state index contributed by atoms with van der Waals surface area (Å²) < 4.78 is 2.28. The summed E-state index contributed by atoms with van der Waals surface area (Å²) in [5.74, 6) is 0.824. The van der Waals surface area contributed by atoms with Crippen LogP contribution in [-0.4, -0.2) is 0 Å². The highest BCUT2D eigenvalue weighted by molar-refractivity contribution is 9.11. The van der Waals surface area contributed by atoms with Crippen LogP contribution in [0.4, 0.5) is 0 Å². The number of benzene rings is 1. The van der Waals surface area contributed by atoms with Gasteiger partial charge in [-0.2, -0.15) is 0 Å². The molecule has 1 aromatic rings. The molecule has 2 rings (SSSR count). The van der Waals surface area contributed by atoms with Crippen molar-refractivity contribution in [3.05, 3.63) is 32.2 Å². The average Bonchev–Trinajstić information content (AvgIpc) is 2.76. The summed E-state index contributed by atoms with van der Waals surface area (Å²) in [5.41, 5.74) is 2.46. The van der Waals surface area contributed by atoms with Crippen molar-refractivity contribution in [2.45, 2.75) is 44.4 Å². The second-order valence-electron chi connectivity index (χ2n) is 4.98. The lowest BCUT2D eigenvalue weighted by Gasteiger charge is -2.17. The fourth-order valence-corrected chi connectivity index (χ4v) is 4.23. The summed E-state index contributed by atoms with van der Waals surface area (Å²) in [6.45, 7) is 2.10. The maximum Gasteiger partial charge on any atom is 0.0599 e. The van der Waals surface area contributed by atoms with E-state index in [2.05, 4.69) is 50.9 Å². The Kier molecular flexibility index (Phi) is 4.96. The Morgan fingerprint density at radius 2 is 1.88 bits per heavy atom. The highest BCUT2D eigenvalue weighted by Crippen LogP contribution is 2.40. The predicted molar refractivity (Wildman–Crippen MR) is 81.7 cm³/mol. The van der Waals surface area contributed by atoms with Crippen molar-refractivity contribution in [3.63, 3.8) is 0 Å². The highest BCUT2D eigenvalue weighted by atomic mass is 79.9. The van der Waals surface area contributed by atoms with Gasteiger partial charge in [0.15, 0.2) is 0 Å². The fourth-order valence-electron chi connectivity index (χ4n) is 2.57. The lowest BCUT2D eigenvalue weighted by Crippen LogP contribution is -2.01. The third kappa shape index (κ3) is 3.48. The van der Waals surface area contributed by atoms with Crippen LogP contribution in [0.15, 0.2) is 21.1 Å². The molecule has 0 aromatic heterocycles. The monoisotopic (exact) mass is 378 g/mol. The van der Waals surface area contributed by atoms with Crippen molar-refractivity contribution in [2.75, 3.05) is 0 Å². The Morgan fingerprint density at radius 3 is 2.53 bits per heavy atom. The minimum absolute atomic E-state index is 0.129. The molecule has 1 atom stereocenters. The molecule has 0 heterocycles. The lowest BCUT2D eigenvalue weighted by molar-refractivity contribution is 0.495. The molecule has 0 N–H and O–H groups in total. The van der Waals surface area contributed by atoms with Gasteiger partial charge in [0.2, 0.25) is 0 Å². The van der Waals surface area contributed by atoms with E-state index in [1.54, 1.807) is 0 Å². The number of hydrogen-bond acceptors (Lipinski definition) is 0. The lowest BCUT2D eigenvalue weighted by atomic mass is 9.97. The molecular formula is C14H17Br2Cl. The third-order valence-electron chi connectivity index (χ3n) is 3.63. The quantitative estimate of drug-likeness (QED) is 0.534. The first-order valence-corrected chi connectivity index (χ1v) is 8.19. The minimum atomic E-state index is 0.129. The molecule has 1 saturated carbocycles. The van der Waals surface area contributed by atoms with Crippen molar-refractivity contribution in [1.29, 1.82) is 0 Å². The summed E-state index contributed by atoms with van der Waals surface area (Å²) in [6.07, 6.45) is 6.58. The van der Waals surface area contributed by atoms with Gasteiger partial charge in [-0.3, -0.25) is 0 Å². The van der Waals surface area contributed by atoms with Crippen LogP contribution in [0.3, 0.4) is 0 Å². The standard InChI is InChI=1S/C14H17Br2Cl/c1-9-6-13(16)11(8-12(9)15)14(17)7-10-4-2-3-5-10/h6,8,10,14H,2-5,7H2,1H3. The van der Waals surface area contributed by atoms with Crippen LogP contribution in [0.25, 0.3) is 0 Å². The Morgan fingerprint density at radius 1 is 1.24 bits per heavy atom. The van der Waals surface area contributed by atoms with Crippen LogP contribution >= 0.6 is 43.5 Å². The van der Waals surface area contributed by atoms with Gasteiger partial charge >= 0.3 is 0 Å². The molecule has 1 unspecified atom stereocenters. The van der Waals surface area contributed by atoms with E-state index in [0.29, 0.717) is 0 Å². The van der Waals surface area contributed by atoms with Crippen molar-refractivity contribution >= 4 is 43.5 Å². The zero-order chi connectivity index (χ0) is 12.4. The second-order valence-corrected chi connectivity index (χ2v) is 7.21. The first-order chi connectivity index (χ1) is 8.08.